The number of aromatic nitrogens is 3. The monoisotopic (exact) mass is 571 g/mol. The van der Waals surface area contributed by atoms with Gasteiger partial charge in [-0.1, -0.05) is 63.4 Å². The van der Waals surface area contributed by atoms with Crippen molar-refractivity contribution in [3.8, 4) is 5.75 Å². The Morgan fingerprint density at radius 2 is 1.71 bits per heavy atom. The first kappa shape index (κ1) is 24.7. The number of hydrogen-bond donors (Lipinski definition) is 3. The molecule has 3 N–H and O–H groups in total. The van der Waals surface area contributed by atoms with Gasteiger partial charge in [-0.25, -0.2) is 5.43 Å². The largest absolute Gasteiger partial charge is 0.488 e. The summed E-state index contributed by atoms with van der Waals surface area (Å²) < 4.78 is 6.87. The van der Waals surface area contributed by atoms with Crippen LogP contribution in [0.5, 0.6) is 5.75 Å². The molecular weight excluding hydrogens is 553 g/mol. The maximum absolute atomic E-state index is 6.26. The number of benzene rings is 3. The fourth-order valence-electron chi connectivity index (χ4n) is 2.95. The molecule has 0 unspecified atom stereocenters. The van der Waals surface area contributed by atoms with E-state index in [9.17, 15) is 0 Å². The Balaban J connectivity index is 1.49. The van der Waals surface area contributed by atoms with Gasteiger partial charge in [-0.15, -0.1) is 0 Å². The highest BCUT2D eigenvalue weighted by molar-refractivity contribution is 9.10. The van der Waals surface area contributed by atoms with Gasteiger partial charge in [0.1, 0.15) is 12.4 Å². The lowest BCUT2D eigenvalue weighted by atomic mass is 10.2. The fraction of sp³-hybridized carbons (Fsp3) is 0.0833. The van der Waals surface area contributed by atoms with E-state index in [1.807, 2.05) is 54.6 Å². The summed E-state index contributed by atoms with van der Waals surface area (Å²) in [5, 5.41) is 11.5. The van der Waals surface area contributed by atoms with Gasteiger partial charge in [0.05, 0.1) is 6.21 Å². The highest BCUT2D eigenvalue weighted by Gasteiger charge is 2.08. The molecule has 0 atom stereocenters. The van der Waals surface area contributed by atoms with Crippen LogP contribution in [0.15, 0.2) is 76.3 Å². The maximum atomic E-state index is 6.26. The van der Waals surface area contributed by atoms with E-state index in [-0.39, 0.29) is 12.6 Å². The summed E-state index contributed by atoms with van der Waals surface area (Å²) in [5.41, 5.74) is 5.26. The topological polar surface area (TPSA) is 96.4 Å². The van der Waals surface area contributed by atoms with Gasteiger partial charge in [0.2, 0.25) is 17.8 Å². The van der Waals surface area contributed by atoms with Crippen molar-refractivity contribution in [1.82, 2.24) is 15.0 Å². The Hall–Kier alpha value is -3.40. The lowest BCUT2D eigenvalue weighted by molar-refractivity contribution is 0.306. The molecule has 3 aromatic carbocycles. The van der Waals surface area contributed by atoms with Crippen LogP contribution in [0.25, 0.3) is 0 Å². The smallest absolute Gasteiger partial charge is 0.250 e. The van der Waals surface area contributed by atoms with Crippen molar-refractivity contribution >= 4 is 68.9 Å². The van der Waals surface area contributed by atoms with E-state index in [1.165, 1.54) is 0 Å². The van der Waals surface area contributed by atoms with Gasteiger partial charge in [0.25, 0.3) is 0 Å². The van der Waals surface area contributed by atoms with Crippen molar-refractivity contribution in [2.75, 3.05) is 23.1 Å². The first-order chi connectivity index (χ1) is 17.0. The summed E-state index contributed by atoms with van der Waals surface area (Å²) in [6, 6.07) is 20.5. The molecule has 35 heavy (non-hydrogen) atoms. The maximum Gasteiger partial charge on any atom is 0.250 e. The Morgan fingerprint density at radius 1 is 0.943 bits per heavy atom. The zero-order chi connectivity index (χ0) is 24.6. The van der Waals surface area contributed by atoms with Crippen molar-refractivity contribution in [2.24, 2.45) is 5.10 Å². The number of rotatable bonds is 9. The molecule has 178 valence electrons. The van der Waals surface area contributed by atoms with E-state index in [0.717, 1.165) is 21.3 Å². The van der Waals surface area contributed by atoms with E-state index >= 15 is 0 Å². The SMILES string of the molecule is CNc1nc(N/N=C/c2cc(Br)ccc2OCc2ccc(Cl)cc2Cl)nc(Nc2ccccc2)n1. The van der Waals surface area contributed by atoms with Crippen molar-refractivity contribution in [1.29, 1.82) is 0 Å². The summed E-state index contributed by atoms with van der Waals surface area (Å²) in [6.07, 6.45) is 1.62. The average molecular weight is 573 g/mol. The van der Waals surface area contributed by atoms with Gasteiger partial charge in [0, 0.05) is 38.4 Å². The molecule has 0 saturated carbocycles. The second kappa shape index (κ2) is 11.8. The van der Waals surface area contributed by atoms with Crippen molar-refractivity contribution in [2.45, 2.75) is 6.61 Å². The van der Waals surface area contributed by atoms with E-state index in [1.54, 1.807) is 25.4 Å². The molecule has 1 heterocycles. The number of hydrazone groups is 1. The van der Waals surface area contributed by atoms with Gasteiger partial charge < -0.3 is 15.4 Å². The van der Waals surface area contributed by atoms with E-state index in [0.29, 0.717) is 27.7 Å². The van der Waals surface area contributed by atoms with E-state index < -0.39 is 0 Å². The molecule has 11 heteroatoms. The number of nitrogens with one attached hydrogen (secondary N) is 3. The zero-order valence-electron chi connectivity index (χ0n) is 18.5. The number of ether oxygens (including phenoxy) is 1. The summed E-state index contributed by atoms with van der Waals surface area (Å²) in [7, 11) is 1.73. The quantitative estimate of drug-likeness (QED) is 0.151. The first-order valence-electron chi connectivity index (χ1n) is 10.4. The highest BCUT2D eigenvalue weighted by Crippen LogP contribution is 2.26. The van der Waals surface area contributed by atoms with E-state index in [2.05, 4.69) is 52.0 Å². The Bertz CT molecular complexity index is 1340. The van der Waals surface area contributed by atoms with Crippen LogP contribution < -0.4 is 20.8 Å². The predicted octanol–water partition coefficient (Wildman–Crippen LogP) is 6.75. The van der Waals surface area contributed by atoms with Crippen LogP contribution in [-0.4, -0.2) is 28.2 Å². The second-order valence-corrected chi connectivity index (χ2v) is 8.88. The molecule has 0 radical (unpaired) electrons. The molecule has 0 aliphatic heterocycles. The lowest BCUT2D eigenvalue weighted by Gasteiger charge is -2.11. The molecule has 0 bridgehead atoms. The average Bonchev–Trinajstić information content (AvgIpc) is 2.85. The molecule has 4 rings (SSSR count). The van der Waals surface area contributed by atoms with Crippen LogP contribution in [0, 0.1) is 0 Å². The molecule has 0 saturated heterocycles. The Kier molecular flexibility index (Phi) is 8.36. The summed E-state index contributed by atoms with van der Waals surface area (Å²) in [4.78, 5) is 13.0. The van der Waals surface area contributed by atoms with Crippen LogP contribution in [0.4, 0.5) is 23.5 Å². The minimum Gasteiger partial charge on any atom is -0.488 e. The molecule has 4 aromatic rings. The van der Waals surface area contributed by atoms with Crippen LogP contribution in [-0.2, 0) is 6.61 Å². The lowest BCUT2D eigenvalue weighted by Crippen LogP contribution is -2.07. The zero-order valence-corrected chi connectivity index (χ0v) is 21.6. The second-order valence-electron chi connectivity index (χ2n) is 7.12. The van der Waals surface area contributed by atoms with Crippen molar-refractivity contribution in [3.63, 3.8) is 0 Å². The van der Waals surface area contributed by atoms with Crippen LogP contribution >= 0.6 is 39.1 Å². The molecule has 0 aliphatic rings. The third kappa shape index (κ3) is 7.05. The molecule has 0 aliphatic carbocycles. The van der Waals surface area contributed by atoms with Gasteiger partial charge >= 0.3 is 0 Å². The van der Waals surface area contributed by atoms with Crippen LogP contribution in [0.1, 0.15) is 11.1 Å². The first-order valence-corrected chi connectivity index (χ1v) is 12.0. The fourth-order valence-corrected chi connectivity index (χ4v) is 3.79. The summed E-state index contributed by atoms with van der Waals surface area (Å²) in [6.45, 7) is 0.277. The summed E-state index contributed by atoms with van der Waals surface area (Å²) >= 11 is 15.7. The van der Waals surface area contributed by atoms with Gasteiger partial charge in [0.15, 0.2) is 0 Å². The number of para-hydroxylation sites is 1. The summed E-state index contributed by atoms with van der Waals surface area (Å²) in [5.74, 6) is 1.66. The number of hydrogen-bond acceptors (Lipinski definition) is 8. The highest BCUT2D eigenvalue weighted by atomic mass is 79.9. The number of halogens is 3. The molecule has 0 fully saturated rings. The third-order valence-corrected chi connectivity index (χ3v) is 5.71. The molecule has 0 spiro atoms. The normalized spacial score (nSPS) is 10.9. The predicted molar refractivity (Wildman–Crippen MR) is 145 cm³/mol. The van der Waals surface area contributed by atoms with Gasteiger partial charge in [-0.2, -0.15) is 20.1 Å². The minimum atomic E-state index is 0.268. The standard InChI is InChI=1S/C24H20BrCl2N7O/c1-28-22-31-23(30-19-5-3-2-4-6-19)33-24(32-22)34-29-13-16-11-17(25)8-10-21(16)35-14-15-7-9-18(26)12-20(15)27/h2-13H,14H2,1H3,(H3,28,30,31,32,33,34)/b29-13+. The van der Waals surface area contributed by atoms with Crippen molar-refractivity contribution in [3.05, 3.63) is 92.4 Å². The third-order valence-electron chi connectivity index (χ3n) is 4.63. The Morgan fingerprint density at radius 3 is 2.49 bits per heavy atom. The van der Waals surface area contributed by atoms with Gasteiger partial charge in [-0.05, 0) is 42.5 Å². The van der Waals surface area contributed by atoms with Crippen LogP contribution in [0.3, 0.4) is 0 Å². The van der Waals surface area contributed by atoms with Crippen LogP contribution in [0.2, 0.25) is 10.0 Å². The molecule has 0 amide bonds. The van der Waals surface area contributed by atoms with Gasteiger partial charge in [-0.3, -0.25) is 0 Å². The Labute approximate surface area is 220 Å². The molecular formula is C24H20BrCl2N7O. The number of nitrogens with zero attached hydrogens (tertiary/aromatic N) is 4. The minimum absolute atomic E-state index is 0.268. The molecule has 8 nitrogen and oxygen atoms in total. The van der Waals surface area contributed by atoms with Crippen molar-refractivity contribution < 1.29 is 4.74 Å². The van der Waals surface area contributed by atoms with E-state index in [4.69, 9.17) is 27.9 Å². The number of anilines is 4. The molecule has 1 aromatic heterocycles.